The highest BCUT2D eigenvalue weighted by atomic mass is 32.2. The molecule has 0 aliphatic carbocycles. The van der Waals surface area contributed by atoms with Crippen molar-refractivity contribution in [2.75, 3.05) is 4.90 Å². The highest BCUT2D eigenvalue weighted by molar-refractivity contribution is 8.02. The molecule has 0 bridgehead atoms. The summed E-state index contributed by atoms with van der Waals surface area (Å²) in [6, 6.07) is 21.2. The van der Waals surface area contributed by atoms with Crippen molar-refractivity contribution < 1.29 is 4.79 Å². The molecule has 2 aromatic carbocycles. The van der Waals surface area contributed by atoms with Gasteiger partial charge in [0, 0.05) is 29.7 Å². The van der Waals surface area contributed by atoms with Crippen molar-refractivity contribution in [3.05, 3.63) is 107 Å². The zero-order chi connectivity index (χ0) is 17.1. The predicted octanol–water partition coefficient (Wildman–Crippen LogP) is 5.04. The van der Waals surface area contributed by atoms with Crippen LogP contribution in [0.4, 0.5) is 5.69 Å². The summed E-state index contributed by atoms with van der Waals surface area (Å²) in [6.45, 7) is 0. The number of hydrogen-bond acceptors (Lipinski definition) is 4. The Kier molecular flexibility index (Phi) is 4.36. The Labute approximate surface area is 151 Å². The molecule has 122 valence electrons. The maximum absolute atomic E-state index is 13.0. The Morgan fingerprint density at radius 2 is 1.64 bits per heavy atom. The molecule has 1 unspecified atom stereocenters. The van der Waals surface area contributed by atoms with Gasteiger partial charge in [-0.1, -0.05) is 42.5 Å². The van der Waals surface area contributed by atoms with Gasteiger partial charge in [-0.15, -0.1) is 11.8 Å². The summed E-state index contributed by atoms with van der Waals surface area (Å²) in [7, 11) is 0. The van der Waals surface area contributed by atoms with Crippen LogP contribution in [0, 0.1) is 0 Å². The van der Waals surface area contributed by atoms with Gasteiger partial charge in [0.25, 0.3) is 0 Å². The maximum Gasteiger partial charge on any atom is 0.195 e. The number of ketones is 1. The first-order chi connectivity index (χ1) is 12.3. The molecule has 2 heterocycles. The third-order valence-electron chi connectivity index (χ3n) is 4.14. The fourth-order valence-electron chi connectivity index (χ4n) is 2.93. The maximum atomic E-state index is 13.0. The van der Waals surface area contributed by atoms with Crippen LogP contribution in [0.3, 0.4) is 0 Å². The number of para-hydroxylation sites is 1. The van der Waals surface area contributed by atoms with Crippen molar-refractivity contribution in [3.63, 3.8) is 0 Å². The van der Waals surface area contributed by atoms with Crippen LogP contribution in [0.15, 0.2) is 90.7 Å². The van der Waals surface area contributed by atoms with E-state index in [1.165, 1.54) is 0 Å². The van der Waals surface area contributed by atoms with Gasteiger partial charge in [0.05, 0.1) is 5.69 Å². The van der Waals surface area contributed by atoms with Crippen LogP contribution in [0.2, 0.25) is 0 Å². The Balaban J connectivity index is 1.74. The molecule has 0 fully saturated rings. The van der Waals surface area contributed by atoms with Crippen LogP contribution >= 0.6 is 11.8 Å². The normalized spacial score (nSPS) is 16.2. The van der Waals surface area contributed by atoms with E-state index in [-0.39, 0.29) is 11.2 Å². The van der Waals surface area contributed by atoms with E-state index in [0.29, 0.717) is 11.1 Å². The monoisotopic (exact) mass is 344 g/mol. The number of carbonyl (C=O) groups excluding carboxylic acids is 1. The minimum absolute atomic E-state index is 0.0370. The molecule has 1 atom stereocenters. The van der Waals surface area contributed by atoms with Crippen molar-refractivity contribution in [3.8, 4) is 0 Å². The van der Waals surface area contributed by atoms with Gasteiger partial charge in [0.1, 0.15) is 5.37 Å². The molecule has 0 radical (unpaired) electrons. The Hall–Kier alpha value is -2.85. The zero-order valence-corrected chi connectivity index (χ0v) is 14.3. The minimum Gasteiger partial charge on any atom is -0.330 e. The lowest BCUT2D eigenvalue weighted by Gasteiger charge is -2.27. The van der Waals surface area contributed by atoms with Crippen molar-refractivity contribution in [2.24, 2.45) is 0 Å². The number of rotatable bonds is 4. The first-order valence-corrected chi connectivity index (χ1v) is 8.98. The summed E-state index contributed by atoms with van der Waals surface area (Å²) in [4.78, 5) is 19.2. The SMILES string of the molecule is O=C(c1ccccc1)c1ccccc1N1C=CSC1c1ccncc1. The molecule has 0 N–H and O–H groups in total. The Morgan fingerprint density at radius 3 is 2.44 bits per heavy atom. The largest absolute Gasteiger partial charge is 0.330 e. The van der Waals surface area contributed by atoms with Crippen LogP contribution in [-0.2, 0) is 0 Å². The van der Waals surface area contributed by atoms with Gasteiger partial charge in [-0.25, -0.2) is 0 Å². The van der Waals surface area contributed by atoms with Gasteiger partial charge in [-0.3, -0.25) is 9.78 Å². The highest BCUT2D eigenvalue weighted by Crippen LogP contribution is 2.42. The van der Waals surface area contributed by atoms with E-state index in [2.05, 4.69) is 15.3 Å². The van der Waals surface area contributed by atoms with E-state index in [0.717, 1.165) is 11.3 Å². The summed E-state index contributed by atoms with van der Waals surface area (Å²) >= 11 is 1.72. The molecule has 0 saturated heterocycles. The average molecular weight is 344 g/mol. The zero-order valence-electron chi connectivity index (χ0n) is 13.4. The quantitative estimate of drug-likeness (QED) is 0.621. The van der Waals surface area contributed by atoms with Gasteiger partial charge in [0.15, 0.2) is 5.78 Å². The van der Waals surface area contributed by atoms with Crippen molar-refractivity contribution in [1.29, 1.82) is 0 Å². The van der Waals surface area contributed by atoms with Crippen LogP contribution in [0.1, 0.15) is 26.9 Å². The van der Waals surface area contributed by atoms with E-state index in [4.69, 9.17) is 0 Å². The molecule has 3 nitrogen and oxygen atoms in total. The van der Waals surface area contributed by atoms with Crippen LogP contribution < -0.4 is 4.90 Å². The van der Waals surface area contributed by atoms with Crippen LogP contribution in [0.25, 0.3) is 0 Å². The summed E-state index contributed by atoms with van der Waals surface area (Å²) in [6.07, 6.45) is 5.63. The first-order valence-electron chi connectivity index (χ1n) is 8.04. The summed E-state index contributed by atoms with van der Waals surface area (Å²) in [5, 5.41) is 2.17. The smallest absolute Gasteiger partial charge is 0.195 e. The van der Waals surface area contributed by atoms with Crippen molar-refractivity contribution in [1.82, 2.24) is 4.98 Å². The molecule has 4 heteroatoms. The third kappa shape index (κ3) is 3.08. The van der Waals surface area contributed by atoms with Gasteiger partial charge >= 0.3 is 0 Å². The lowest BCUT2D eigenvalue weighted by atomic mass is 10.0. The third-order valence-corrected chi connectivity index (χ3v) is 5.17. The number of anilines is 1. The number of hydrogen-bond donors (Lipinski definition) is 0. The van der Waals surface area contributed by atoms with Crippen LogP contribution in [-0.4, -0.2) is 10.8 Å². The second kappa shape index (κ2) is 6.95. The number of aromatic nitrogens is 1. The summed E-state index contributed by atoms with van der Waals surface area (Å²) in [5.74, 6) is 0.0370. The van der Waals surface area contributed by atoms with E-state index >= 15 is 0 Å². The number of nitrogens with zero attached hydrogens (tertiary/aromatic N) is 2. The molecule has 3 aromatic rings. The topological polar surface area (TPSA) is 33.2 Å². The van der Waals surface area contributed by atoms with Crippen molar-refractivity contribution in [2.45, 2.75) is 5.37 Å². The molecule has 1 aliphatic heterocycles. The fraction of sp³-hybridized carbons (Fsp3) is 0.0476. The standard InChI is InChI=1S/C21H16N2OS/c24-20(16-6-2-1-3-7-16)18-8-4-5-9-19(18)23-14-15-25-21(23)17-10-12-22-13-11-17/h1-15,21H. The molecule has 25 heavy (non-hydrogen) atoms. The van der Waals surface area contributed by atoms with Gasteiger partial charge in [-0.05, 0) is 35.2 Å². The molecular formula is C21H16N2OS. The lowest BCUT2D eigenvalue weighted by Crippen LogP contribution is -2.20. The number of thioether (sulfide) groups is 1. The van der Waals surface area contributed by atoms with Crippen LogP contribution in [0.5, 0.6) is 0 Å². The summed E-state index contributed by atoms with van der Waals surface area (Å²) in [5.41, 5.74) is 3.48. The Bertz CT molecular complexity index is 909. The molecule has 0 saturated carbocycles. The van der Waals surface area contributed by atoms with Gasteiger partial charge in [-0.2, -0.15) is 0 Å². The second-order valence-electron chi connectivity index (χ2n) is 5.67. The minimum atomic E-state index is 0.0370. The molecular weight excluding hydrogens is 328 g/mol. The predicted molar refractivity (Wildman–Crippen MR) is 103 cm³/mol. The molecule has 0 spiro atoms. The van der Waals surface area contributed by atoms with Gasteiger partial charge in [0.2, 0.25) is 0 Å². The first kappa shape index (κ1) is 15.7. The van der Waals surface area contributed by atoms with E-state index < -0.39 is 0 Å². The number of carbonyl (C=O) groups is 1. The van der Waals surface area contributed by atoms with E-state index in [1.807, 2.05) is 72.9 Å². The molecule has 4 rings (SSSR count). The molecule has 1 aromatic heterocycles. The summed E-state index contributed by atoms with van der Waals surface area (Å²) < 4.78 is 0. The van der Waals surface area contributed by atoms with Gasteiger partial charge < -0.3 is 4.90 Å². The molecule has 1 aliphatic rings. The van der Waals surface area contributed by atoms with E-state index in [9.17, 15) is 4.79 Å². The van der Waals surface area contributed by atoms with E-state index in [1.54, 1.807) is 24.2 Å². The fourth-order valence-corrected chi connectivity index (χ4v) is 3.91. The average Bonchev–Trinajstić information content (AvgIpc) is 3.18. The van der Waals surface area contributed by atoms with Crippen molar-refractivity contribution >= 4 is 23.2 Å². The Morgan fingerprint density at radius 1 is 0.920 bits per heavy atom. The lowest BCUT2D eigenvalue weighted by molar-refractivity contribution is 0.103. The molecule has 0 amide bonds. The second-order valence-corrected chi connectivity index (χ2v) is 6.66. The number of benzene rings is 2. The highest BCUT2D eigenvalue weighted by Gasteiger charge is 2.26. The number of pyridine rings is 1.